The third-order valence-electron chi connectivity index (χ3n) is 16.5. The zero-order valence-electron chi connectivity index (χ0n) is 57.3. The summed E-state index contributed by atoms with van der Waals surface area (Å²) in [4.78, 5) is 0. The van der Waals surface area contributed by atoms with E-state index >= 15 is 0 Å². The fourth-order valence-corrected chi connectivity index (χ4v) is 12.0. The van der Waals surface area contributed by atoms with E-state index in [1.54, 1.807) is 50.6 Å². The first-order valence-corrected chi connectivity index (χ1v) is 36.9. The molecule has 8 aromatic rings. The topological polar surface area (TPSA) is 850 Å². The van der Waals surface area contributed by atoms with Crippen LogP contribution in [0.2, 0.25) is 0 Å². The van der Waals surface area contributed by atoms with Crippen LogP contribution in [0.5, 0.6) is 0 Å². The van der Waals surface area contributed by atoms with Gasteiger partial charge in [-0.2, -0.15) is 0 Å². The average molecular weight is 1690 g/mol. The van der Waals surface area contributed by atoms with Gasteiger partial charge in [-0.15, -0.1) is 81.8 Å². The molecule has 0 bridgehead atoms. The van der Waals surface area contributed by atoms with Crippen molar-refractivity contribution in [1.29, 1.82) is 0 Å². The van der Waals surface area contributed by atoms with E-state index in [0.717, 1.165) is 0 Å². The molecule has 8 aliphatic rings. The number of aromatic nitrogens is 32. The van der Waals surface area contributed by atoms with Crippen molar-refractivity contribution in [3.8, 4) is 0 Å². The molecule has 602 valence electrons. The van der Waals surface area contributed by atoms with Crippen molar-refractivity contribution >= 4 is 0 Å². The minimum atomic E-state index is -4.94. The minimum absolute atomic E-state index is 0. The first-order chi connectivity index (χ1) is 47.7. The van der Waals surface area contributed by atoms with Crippen molar-refractivity contribution in [3.63, 3.8) is 0 Å². The molecule has 0 unspecified atom stereocenters. The Morgan fingerprint density at radius 2 is 0.255 bits per heavy atom. The molecular formula is C48H92Cl4Mn2N32O20+4. The van der Waals surface area contributed by atoms with Gasteiger partial charge in [0.15, 0.2) is 0 Å². The fraction of sp³-hybridized carbons (Fsp3) is 0.833. The molecule has 0 amide bonds. The predicted molar refractivity (Wildman–Crippen MR) is 302 cm³/mol. The number of halogens is 4. The fourth-order valence-electron chi connectivity index (χ4n) is 12.0. The van der Waals surface area contributed by atoms with E-state index in [0.29, 0.717) is 48.3 Å². The van der Waals surface area contributed by atoms with Gasteiger partial charge in [-0.05, 0) is 186 Å². The van der Waals surface area contributed by atoms with E-state index in [1.165, 1.54) is 205 Å². The molecule has 0 aromatic carbocycles. The number of rotatable bonds is 8. The molecule has 0 aliphatic heterocycles. The van der Waals surface area contributed by atoms with E-state index in [9.17, 15) is 0 Å². The first kappa shape index (κ1) is 102. The molecule has 0 saturated heterocycles. The predicted octanol–water partition coefficient (Wildman–Crippen LogP) is -16.4. The van der Waals surface area contributed by atoms with Gasteiger partial charge in [-0.25, -0.2) is 112 Å². The Bertz CT molecular complexity index is 2490. The summed E-state index contributed by atoms with van der Waals surface area (Å²) >= 11 is 0. The third-order valence-corrected chi connectivity index (χ3v) is 16.5. The molecule has 0 atom stereocenters. The number of hydrogen-bond donors (Lipinski definition) is 0. The molecule has 2 radical (unpaired) electrons. The van der Waals surface area contributed by atoms with Gasteiger partial charge in [0.2, 0.25) is 0 Å². The van der Waals surface area contributed by atoms with Crippen molar-refractivity contribution < 1.29 is 172 Å². The van der Waals surface area contributed by atoms with Gasteiger partial charge in [0.05, 0.1) is 48.3 Å². The maximum absolute atomic E-state index is 8.49. The van der Waals surface area contributed by atoms with Crippen LogP contribution in [-0.4, -0.2) is 162 Å². The van der Waals surface area contributed by atoms with Crippen LogP contribution in [0, 0.1) is 41.0 Å². The van der Waals surface area contributed by atoms with Crippen molar-refractivity contribution in [1.82, 2.24) is 162 Å². The van der Waals surface area contributed by atoms with Crippen LogP contribution in [-0.2, 0) is 56.0 Å². The van der Waals surface area contributed by atoms with Crippen LogP contribution >= 0.6 is 0 Å². The van der Waals surface area contributed by atoms with Gasteiger partial charge in [0.1, 0.15) is 50.6 Å². The molecular weight excluding hydrogens is 1600 g/mol. The quantitative estimate of drug-likeness (QED) is 0.101. The zero-order valence-corrected chi connectivity index (χ0v) is 62.7. The summed E-state index contributed by atoms with van der Waals surface area (Å²) < 4.78 is 151. The molecule has 106 heavy (non-hydrogen) atoms. The Labute approximate surface area is 634 Å². The molecule has 58 heteroatoms. The second kappa shape index (κ2) is 56.2. The normalized spacial score (nSPS) is 17.4. The summed E-state index contributed by atoms with van der Waals surface area (Å²) in [6.45, 7) is 0. The van der Waals surface area contributed by atoms with Crippen LogP contribution in [0.15, 0.2) is 50.6 Å². The summed E-state index contributed by atoms with van der Waals surface area (Å²) in [6.07, 6.45) is 54.7. The minimum Gasteiger partial charge on any atom is -0.457 e. The van der Waals surface area contributed by atoms with Gasteiger partial charge >= 0.3 is 34.1 Å². The Morgan fingerprint density at radius 1 is 0.179 bits per heavy atom. The van der Waals surface area contributed by atoms with Crippen molar-refractivity contribution in [2.24, 2.45) is 0 Å². The van der Waals surface area contributed by atoms with E-state index in [2.05, 4.69) is 124 Å². The van der Waals surface area contributed by atoms with Crippen molar-refractivity contribution in [2.45, 2.75) is 254 Å². The average Bonchev–Trinajstić information content (AvgIpc) is 1.83. The summed E-state index contributed by atoms with van der Waals surface area (Å²) in [5, 5.41) is 88.4. The van der Waals surface area contributed by atoms with Gasteiger partial charge in [0.25, 0.3) is 0 Å². The summed E-state index contributed by atoms with van der Waals surface area (Å²) in [6, 6.07) is 4.63. The van der Waals surface area contributed by atoms with Gasteiger partial charge in [0, 0.05) is 0 Å². The molecule has 52 nitrogen and oxygen atoms in total. The van der Waals surface area contributed by atoms with Crippen molar-refractivity contribution in [2.75, 3.05) is 0 Å². The molecule has 16 rings (SSSR count). The van der Waals surface area contributed by atoms with Crippen LogP contribution in [0.25, 0.3) is 0 Å². The smallest absolute Gasteiger partial charge is 0.457 e. The number of nitrogens with zero attached hydrogens (tertiary/aromatic N) is 32. The summed E-state index contributed by atoms with van der Waals surface area (Å²) in [5.41, 5.74) is 0. The standard InChI is InChI=1S/8C6H10N4.4ClHO4.2Mn.4H2O/c8*1-2-4-6(3-1)10-5-7-8-9-10;4*2-1(3,4)5;;;;;;/h8*5-6H,1-4H2;4*(H,2,3,4,5);;;4*1H2/q;;;;;;;;;;;;2*+2;;;;. The van der Waals surface area contributed by atoms with E-state index in [4.69, 9.17) is 74.5 Å². The van der Waals surface area contributed by atoms with E-state index in [-0.39, 0.29) is 56.0 Å². The molecule has 8 saturated carbocycles. The van der Waals surface area contributed by atoms with E-state index in [1.807, 2.05) is 37.5 Å². The van der Waals surface area contributed by atoms with Gasteiger partial charge in [-0.3, -0.25) is 0 Å². The monoisotopic (exact) mass is 1690 g/mol. The molecule has 8 fully saturated rings. The first-order valence-electron chi connectivity index (χ1n) is 32.0. The van der Waals surface area contributed by atoms with E-state index < -0.39 is 41.0 Å². The Morgan fingerprint density at radius 3 is 0.311 bits per heavy atom. The SMILES string of the molecule is [Mn+2].[Mn+2].[O-][Cl+3]([O-])([O-])[O-].[O-][Cl+3]([O-])([O-])[O-].[O-][Cl+3]([O-])([O-])[O-].[O-][Cl+3]([O-])([O-])[O-].[OH3+].[OH3+].[OH3+].[OH3+].c1nnnn1C1CCCC1.c1nnnn1C1CCCC1.c1nnnn1C1CCCC1.c1nnnn1C1CCCC1.c1nnnn1C1CCCC1.c1nnnn1C1CCCC1.c1nnnn1C1CCCC1.c1nnnn1C1CCCC1. The largest absolute Gasteiger partial charge is 2.00 e. The maximum atomic E-state index is 8.49. The van der Waals surface area contributed by atoms with Gasteiger partial charge < -0.3 is 21.9 Å². The van der Waals surface area contributed by atoms with Crippen molar-refractivity contribution in [3.05, 3.63) is 50.6 Å². The summed E-state index contributed by atoms with van der Waals surface area (Å²) in [5.74, 6) is 0. The molecule has 8 aliphatic carbocycles. The Kier molecular flexibility index (Phi) is 54.1. The number of hydrogen-bond acceptors (Lipinski definition) is 40. The second-order valence-corrected chi connectivity index (χ2v) is 26.4. The van der Waals surface area contributed by atoms with Crippen LogP contribution < -0.4 is 74.5 Å². The van der Waals surface area contributed by atoms with Crippen LogP contribution in [0.3, 0.4) is 0 Å². The molecule has 0 spiro atoms. The third kappa shape index (κ3) is 48.4. The number of tetrazole rings is 8. The van der Waals surface area contributed by atoms with Gasteiger partial charge in [-0.1, -0.05) is 103 Å². The molecule has 8 aromatic heterocycles. The van der Waals surface area contributed by atoms with Crippen LogP contribution in [0.4, 0.5) is 0 Å². The Hall–Kier alpha value is -6.04. The molecule has 12 N–H and O–H groups in total. The summed E-state index contributed by atoms with van der Waals surface area (Å²) in [7, 11) is -19.8. The Balaban J connectivity index is 0. The molecule has 8 heterocycles. The van der Waals surface area contributed by atoms with Crippen LogP contribution in [0.1, 0.15) is 254 Å². The second-order valence-electron chi connectivity index (χ2n) is 23.3. The zero-order chi connectivity index (χ0) is 72.5. The maximum Gasteiger partial charge on any atom is 2.00 e.